The highest BCUT2D eigenvalue weighted by molar-refractivity contribution is 5.92. The molecule has 0 saturated carbocycles. The van der Waals surface area contributed by atoms with Crippen LogP contribution in [0.15, 0.2) is 54.9 Å². The molecule has 4 nitrogen and oxygen atoms in total. The molecule has 0 atom stereocenters. The summed E-state index contributed by atoms with van der Waals surface area (Å²) in [4.78, 5) is 19.0. The Morgan fingerprint density at radius 3 is 2.95 bits per heavy atom. The van der Waals surface area contributed by atoms with Crippen LogP contribution in [0.1, 0.15) is 16.1 Å². The lowest BCUT2D eigenvalue weighted by atomic mass is 10.1. The van der Waals surface area contributed by atoms with Gasteiger partial charge in [0.2, 0.25) is 0 Å². The van der Waals surface area contributed by atoms with E-state index in [1.165, 1.54) is 0 Å². The maximum atomic E-state index is 11.8. The fourth-order valence-electron chi connectivity index (χ4n) is 1.96. The van der Waals surface area contributed by atoms with E-state index in [0.29, 0.717) is 12.2 Å². The molecule has 0 aliphatic carbocycles. The van der Waals surface area contributed by atoms with Crippen molar-refractivity contribution in [2.75, 3.05) is 0 Å². The van der Waals surface area contributed by atoms with Crippen LogP contribution in [0, 0.1) is 0 Å². The third-order valence-corrected chi connectivity index (χ3v) is 2.94. The summed E-state index contributed by atoms with van der Waals surface area (Å²) in [6.45, 7) is 0.468. The first-order valence-corrected chi connectivity index (χ1v) is 6.08. The van der Waals surface area contributed by atoms with Gasteiger partial charge in [0.05, 0.1) is 5.52 Å². The third-order valence-electron chi connectivity index (χ3n) is 2.94. The van der Waals surface area contributed by atoms with E-state index >= 15 is 0 Å². The first-order chi connectivity index (χ1) is 9.33. The molecule has 0 fully saturated rings. The highest BCUT2D eigenvalue weighted by Gasteiger charge is 2.05. The zero-order valence-corrected chi connectivity index (χ0v) is 10.3. The van der Waals surface area contributed by atoms with Gasteiger partial charge in [0.25, 0.3) is 5.91 Å². The van der Waals surface area contributed by atoms with Gasteiger partial charge in [0.15, 0.2) is 0 Å². The molecule has 3 aromatic rings. The Morgan fingerprint density at radius 2 is 2.11 bits per heavy atom. The van der Waals surface area contributed by atoms with Crippen LogP contribution in [0.3, 0.4) is 0 Å². The van der Waals surface area contributed by atoms with E-state index in [4.69, 9.17) is 0 Å². The number of H-pyrrole nitrogens is 1. The Bertz CT molecular complexity index is 704. The second-order valence-electron chi connectivity index (χ2n) is 4.30. The van der Waals surface area contributed by atoms with Crippen molar-refractivity contribution in [1.82, 2.24) is 15.3 Å². The third kappa shape index (κ3) is 2.47. The molecule has 2 aromatic heterocycles. The van der Waals surface area contributed by atoms with Crippen LogP contribution in [0.25, 0.3) is 10.9 Å². The van der Waals surface area contributed by atoms with Crippen LogP contribution in [-0.4, -0.2) is 15.9 Å². The van der Waals surface area contributed by atoms with Gasteiger partial charge in [-0.05, 0) is 29.8 Å². The SMILES string of the molecule is O=C(NCc1cnc2ccccc2c1)c1ccc[nH]1. The number of carbonyl (C=O) groups excluding carboxylic acids is 1. The Hall–Kier alpha value is -2.62. The van der Waals surface area contributed by atoms with Gasteiger partial charge in [0.1, 0.15) is 5.69 Å². The highest BCUT2D eigenvalue weighted by Crippen LogP contribution is 2.12. The van der Waals surface area contributed by atoms with Gasteiger partial charge in [-0.2, -0.15) is 0 Å². The molecule has 94 valence electrons. The minimum atomic E-state index is -0.113. The quantitative estimate of drug-likeness (QED) is 0.751. The van der Waals surface area contributed by atoms with Crippen LogP contribution in [0.4, 0.5) is 0 Å². The Morgan fingerprint density at radius 1 is 1.21 bits per heavy atom. The Labute approximate surface area is 110 Å². The maximum Gasteiger partial charge on any atom is 0.267 e. The second kappa shape index (κ2) is 4.94. The molecule has 2 N–H and O–H groups in total. The summed E-state index contributed by atoms with van der Waals surface area (Å²) in [7, 11) is 0. The average molecular weight is 251 g/mol. The molecule has 19 heavy (non-hydrogen) atoms. The van der Waals surface area contributed by atoms with Crippen LogP contribution >= 0.6 is 0 Å². The molecule has 1 amide bonds. The van der Waals surface area contributed by atoms with Crippen molar-refractivity contribution < 1.29 is 4.79 Å². The fraction of sp³-hybridized carbons (Fsp3) is 0.0667. The summed E-state index contributed by atoms with van der Waals surface area (Å²) in [5.41, 5.74) is 2.51. The largest absolute Gasteiger partial charge is 0.357 e. The molecule has 0 aliphatic heterocycles. The Kier molecular flexibility index (Phi) is 2.98. The lowest BCUT2D eigenvalue weighted by Crippen LogP contribution is -2.23. The van der Waals surface area contributed by atoms with Crippen molar-refractivity contribution in [1.29, 1.82) is 0 Å². The van der Waals surface area contributed by atoms with Gasteiger partial charge in [-0.25, -0.2) is 0 Å². The van der Waals surface area contributed by atoms with E-state index in [1.54, 1.807) is 24.5 Å². The molecule has 3 rings (SSSR count). The van der Waals surface area contributed by atoms with Crippen LogP contribution in [0.5, 0.6) is 0 Å². The maximum absolute atomic E-state index is 11.8. The number of rotatable bonds is 3. The molecule has 0 radical (unpaired) electrons. The molecule has 0 unspecified atom stereocenters. The topological polar surface area (TPSA) is 57.8 Å². The van der Waals surface area contributed by atoms with E-state index in [2.05, 4.69) is 15.3 Å². The van der Waals surface area contributed by atoms with E-state index in [0.717, 1.165) is 16.5 Å². The number of benzene rings is 1. The number of hydrogen-bond acceptors (Lipinski definition) is 2. The number of aromatic nitrogens is 2. The van der Waals surface area contributed by atoms with E-state index in [9.17, 15) is 4.79 Å². The van der Waals surface area contributed by atoms with Gasteiger partial charge in [-0.3, -0.25) is 9.78 Å². The highest BCUT2D eigenvalue weighted by atomic mass is 16.1. The minimum absolute atomic E-state index is 0.113. The molecule has 1 aromatic carbocycles. The molecule has 0 saturated heterocycles. The predicted molar refractivity (Wildman–Crippen MR) is 73.7 cm³/mol. The lowest BCUT2D eigenvalue weighted by Gasteiger charge is -2.05. The number of para-hydroxylation sites is 1. The summed E-state index contributed by atoms with van der Waals surface area (Å²) in [6.07, 6.45) is 3.52. The number of pyridine rings is 1. The molecule has 0 spiro atoms. The summed E-state index contributed by atoms with van der Waals surface area (Å²) < 4.78 is 0. The molecule has 4 heteroatoms. The average Bonchev–Trinajstić information content (AvgIpc) is 2.99. The van der Waals surface area contributed by atoms with Gasteiger partial charge < -0.3 is 10.3 Å². The number of aromatic amines is 1. The summed E-state index contributed by atoms with van der Waals surface area (Å²) >= 11 is 0. The molecular formula is C15H13N3O. The standard InChI is InChI=1S/C15H13N3O/c19-15(14-6-3-7-16-14)18-10-11-8-12-4-1-2-5-13(12)17-9-11/h1-9,16H,10H2,(H,18,19). The summed E-state index contributed by atoms with van der Waals surface area (Å²) in [5, 5.41) is 3.93. The fourth-order valence-corrected chi connectivity index (χ4v) is 1.96. The van der Waals surface area contributed by atoms with Crippen molar-refractivity contribution >= 4 is 16.8 Å². The number of fused-ring (bicyclic) bond motifs is 1. The normalized spacial score (nSPS) is 10.5. The first-order valence-electron chi connectivity index (χ1n) is 6.08. The second-order valence-corrected chi connectivity index (χ2v) is 4.30. The number of nitrogens with one attached hydrogen (secondary N) is 2. The van der Waals surface area contributed by atoms with E-state index < -0.39 is 0 Å². The van der Waals surface area contributed by atoms with Crippen molar-refractivity contribution in [2.24, 2.45) is 0 Å². The van der Waals surface area contributed by atoms with Crippen LogP contribution in [-0.2, 0) is 6.54 Å². The van der Waals surface area contributed by atoms with Crippen LogP contribution < -0.4 is 5.32 Å². The number of hydrogen-bond donors (Lipinski definition) is 2. The van der Waals surface area contributed by atoms with Gasteiger partial charge in [0, 0.05) is 24.3 Å². The zero-order chi connectivity index (χ0) is 13.1. The summed E-state index contributed by atoms with van der Waals surface area (Å²) in [6, 6.07) is 13.5. The summed E-state index contributed by atoms with van der Waals surface area (Å²) in [5.74, 6) is -0.113. The monoisotopic (exact) mass is 251 g/mol. The van der Waals surface area contributed by atoms with Gasteiger partial charge in [-0.15, -0.1) is 0 Å². The lowest BCUT2D eigenvalue weighted by molar-refractivity contribution is 0.0946. The van der Waals surface area contributed by atoms with Crippen molar-refractivity contribution in [2.45, 2.75) is 6.54 Å². The van der Waals surface area contributed by atoms with Gasteiger partial charge in [-0.1, -0.05) is 18.2 Å². The van der Waals surface area contributed by atoms with Crippen molar-refractivity contribution in [3.05, 3.63) is 66.1 Å². The van der Waals surface area contributed by atoms with Crippen molar-refractivity contribution in [3.63, 3.8) is 0 Å². The molecule has 0 aliphatic rings. The number of amides is 1. The van der Waals surface area contributed by atoms with E-state index in [-0.39, 0.29) is 5.91 Å². The smallest absolute Gasteiger partial charge is 0.267 e. The number of nitrogens with zero attached hydrogens (tertiary/aromatic N) is 1. The van der Waals surface area contributed by atoms with E-state index in [1.807, 2.05) is 30.3 Å². The minimum Gasteiger partial charge on any atom is -0.357 e. The number of carbonyl (C=O) groups is 1. The first kappa shape index (κ1) is 11.5. The molecular weight excluding hydrogens is 238 g/mol. The Balaban J connectivity index is 1.73. The zero-order valence-electron chi connectivity index (χ0n) is 10.3. The van der Waals surface area contributed by atoms with Gasteiger partial charge >= 0.3 is 0 Å². The molecule has 0 bridgehead atoms. The molecule has 2 heterocycles. The van der Waals surface area contributed by atoms with Crippen LogP contribution in [0.2, 0.25) is 0 Å². The predicted octanol–water partition coefficient (Wildman–Crippen LogP) is 2.49. The van der Waals surface area contributed by atoms with Crippen molar-refractivity contribution in [3.8, 4) is 0 Å².